The highest BCUT2D eigenvalue weighted by atomic mass is 16.1. The van der Waals surface area contributed by atoms with Gasteiger partial charge in [0.2, 0.25) is 5.91 Å². The number of aryl methyl sites for hydroxylation is 1. The van der Waals surface area contributed by atoms with E-state index in [0.29, 0.717) is 5.92 Å². The van der Waals surface area contributed by atoms with Crippen LogP contribution in [0.25, 0.3) is 6.08 Å². The van der Waals surface area contributed by atoms with Crippen molar-refractivity contribution in [3.63, 3.8) is 0 Å². The van der Waals surface area contributed by atoms with Crippen LogP contribution in [-0.2, 0) is 11.2 Å². The third-order valence-electron chi connectivity index (χ3n) is 5.83. The molecule has 0 spiro atoms. The summed E-state index contributed by atoms with van der Waals surface area (Å²) in [5, 5.41) is 6.40. The maximum Gasteiger partial charge on any atom is 0.248 e. The topological polar surface area (TPSA) is 41.1 Å². The molecule has 0 aliphatic heterocycles. The zero-order chi connectivity index (χ0) is 21.3. The Morgan fingerprint density at radius 2 is 1.87 bits per heavy atom. The first-order valence-corrected chi connectivity index (χ1v) is 11.1. The van der Waals surface area contributed by atoms with Gasteiger partial charge >= 0.3 is 0 Å². The smallest absolute Gasteiger partial charge is 0.248 e. The van der Waals surface area contributed by atoms with Crippen molar-refractivity contribution in [1.82, 2.24) is 0 Å². The SMILES string of the molecule is C=Cc1cc(NC(=O)C=C2CCC(Cc3ccc(C)cc3)CC2)ccc1NCCC. The van der Waals surface area contributed by atoms with Gasteiger partial charge in [-0.2, -0.15) is 0 Å². The van der Waals surface area contributed by atoms with Gasteiger partial charge in [0.1, 0.15) is 0 Å². The molecule has 0 unspecified atom stereocenters. The third-order valence-corrected chi connectivity index (χ3v) is 5.83. The number of nitrogens with one attached hydrogen (secondary N) is 2. The molecule has 2 aromatic rings. The molecule has 2 aromatic carbocycles. The lowest BCUT2D eigenvalue weighted by Gasteiger charge is -2.24. The summed E-state index contributed by atoms with van der Waals surface area (Å²) in [6, 6.07) is 14.8. The van der Waals surface area contributed by atoms with E-state index in [2.05, 4.69) is 55.3 Å². The van der Waals surface area contributed by atoms with Gasteiger partial charge in [0.25, 0.3) is 0 Å². The Balaban J connectivity index is 1.52. The second-order valence-electron chi connectivity index (χ2n) is 8.36. The van der Waals surface area contributed by atoms with Gasteiger partial charge in [0.05, 0.1) is 0 Å². The van der Waals surface area contributed by atoms with Gasteiger partial charge in [-0.1, -0.05) is 55.0 Å². The van der Waals surface area contributed by atoms with Crippen molar-refractivity contribution >= 4 is 23.4 Å². The standard InChI is InChI=1S/C27H34N2O/c1-4-16-28-26-15-14-25(19-24(26)5-2)29-27(30)18-23-12-10-22(11-13-23)17-21-8-6-20(3)7-9-21/h5-9,14-15,18-19,22,28H,2,4,10-13,16-17H2,1,3H3,(H,29,30). The summed E-state index contributed by atoms with van der Waals surface area (Å²) >= 11 is 0. The molecule has 0 atom stereocenters. The number of rotatable bonds is 8. The largest absolute Gasteiger partial charge is 0.385 e. The first kappa shape index (κ1) is 21.9. The molecular formula is C27H34N2O. The Kier molecular flexibility index (Phi) is 7.89. The number of carbonyl (C=O) groups excluding carboxylic acids is 1. The van der Waals surface area contributed by atoms with Crippen molar-refractivity contribution in [3.05, 3.63) is 77.4 Å². The lowest BCUT2D eigenvalue weighted by Crippen LogP contribution is -2.14. The van der Waals surface area contributed by atoms with Crippen LogP contribution < -0.4 is 10.6 Å². The number of hydrogen-bond donors (Lipinski definition) is 2. The van der Waals surface area contributed by atoms with Crippen LogP contribution >= 0.6 is 0 Å². The minimum atomic E-state index is -0.0359. The summed E-state index contributed by atoms with van der Waals surface area (Å²) < 4.78 is 0. The summed E-state index contributed by atoms with van der Waals surface area (Å²) in [6.07, 6.45) is 10.2. The lowest BCUT2D eigenvalue weighted by atomic mass is 9.82. The second-order valence-corrected chi connectivity index (χ2v) is 8.36. The molecule has 0 bridgehead atoms. The van der Waals surface area contributed by atoms with E-state index >= 15 is 0 Å². The zero-order valence-corrected chi connectivity index (χ0v) is 18.3. The van der Waals surface area contributed by atoms with Crippen LogP contribution in [0.4, 0.5) is 11.4 Å². The van der Waals surface area contributed by atoms with Gasteiger partial charge in [0, 0.05) is 24.0 Å². The fourth-order valence-corrected chi connectivity index (χ4v) is 4.05. The molecule has 158 valence electrons. The second kappa shape index (κ2) is 10.8. The minimum Gasteiger partial charge on any atom is -0.385 e. The van der Waals surface area contributed by atoms with E-state index in [4.69, 9.17) is 0 Å². The molecule has 1 amide bonds. The van der Waals surface area contributed by atoms with Gasteiger partial charge in [0.15, 0.2) is 0 Å². The van der Waals surface area contributed by atoms with Crippen molar-refractivity contribution in [2.24, 2.45) is 5.92 Å². The normalized spacial score (nSPS) is 16.1. The lowest BCUT2D eigenvalue weighted by molar-refractivity contribution is -0.112. The van der Waals surface area contributed by atoms with Gasteiger partial charge in [-0.25, -0.2) is 0 Å². The van der Waals surface area contributed by atoms with Crippen LogP contribution in [0.3, 0.4) is 0 Å². The van der Waals surface area contributed by atoms with E-state index < -0.39 is 0 Å². The highest BCUT2D eigenvalue weighted by molar-refractivity contribution is 6.00. The molecule has 1 aliphatic rings. The number of amides is 1. The van der Waals surface area contributed by atoms with Gasteiger partial charge in [-0.3, -0.25) is 4.79 Å². The average Bonchev–Trinajstić information content (AvgIpc) is 2.75. The van der Waals surface area contributed by atoms with Crippen LogP contribution in [0.5, 0.6) is 0 Å². The van der Waals surface area contributed by atoms with Crippen LogP contribution in [0.15, 0.2) is 60.7 Å². The molecule has 0 aromatic heterocycles. The fraction of sp³-hybridized carbons (Fsp3) is 0.370. The highest BCUT2D eigenvalue weighted by Gasteiger charge is 2.18. The van der Waals surface area contributed by atoms with Gasteiger partial charge < -0.3 is 10.6 Å². The van der Waals surface area contributed by atoms with Crippen molar-refractivity contribution in [1.29, 1.82) is 0 Å². The molecule has 30 heavy (non-hydrogen) atoms. The van der Waals surface area contributed by atoms with E-state index in [1.54, 1.807) is 6.08 Å². The van der Waals surface area contributed by atoms with E-state index in [1.165, 1.54) is 16.7 Å². The van der Waals surface area contributed by atoms with Crippen LogP contribution in [0.1, 0.15) is 55.7 Å². The molecule has 1 aliphatic carbocycles. The molecule has 1 saturated carbocycles. The first-order valence-electron chi connectivity index (χ1n) is 11.1. The number of carbonyl (C=O) groups is 1. The summed E-state index contributed by atoms with van der Waals surface area (Å²) in [5.74, 6) is 0.678. The molecule has 0 heterocycles. The molecule has 3 rings (SSSR count). The Hall–Kier alpha value is -2.81. The molecule has 2 N–H and O–H groups in total. The van der Waals surface area contributed by atoms with Crippen LogP contribution in [0, 0.1) is 12.8 Å². The first-order chi connectivity index (χ1) is 14.6. The summed E-state index contributed by atoms with van der Waals surface area (Å²) in [7, 11) is 0. The van der Waals surface area contributed by atoms with Gasteiger partial charge in [-0.15, -0.1) is 0 Å². The summed E-state index contributed by atoms with van der Waals surface area (Å²) in [4.78, 5) is 12.5. The van der Waals surface area contributed by atoms with Crippen molar-refractivity contribution < 1.29 is 4.79 Å². The maximum absolute atomic E-state index is 12.5. The monoisotopic (exact) mass is 402 g/mol. The maximum atomic E-state index is 12.5. The molecule has 3 nitrogen and oxygen atoms in total. The Morgan fingerprint density at radius 1 is 1.13 bits per heavy atom. The Labute approximate surface area is 181 Å². The van der Waals surface area contributed by atoms with E-state index in [1.807, 2.05) is 24.3 Å². The molecule has 1 fully saturated rings. The molecule has 0 radical (unpaired) electrons. The number of benzene rings is 2. The molecule has 0 saturated heterocycles. The van der Waals surface area contributed by atoms with E-state index in [9.17, 15) is 4.79 Å². The number of hydrogen-bond acceptors (Lipinski definition) is 2. The summed E-state index contributed by atoms with van der Waals surface area (Å²) in [5.41, 5.74) is 6.86. The summed E-state index contributed by atoms with van der Waals surface area (Å²) in [6.45, 7) is 9.08. The Morgan fingerprint density at radius 3 is 2.53 bits per heavy atom. The van der Waals surface area contributed by atoms with Crippen molar-refractivity contribution in [3.8, 4) is 0 Å². The Bertz CT molecular complexity index is 886. The molecular weight excluding hydrogens is 368 g/mol. The molecule has 3 heteroatoms. The predicted molar refractivity (Wildman–Crippen MR) is 129 cm³/mol. The van der Waals surface area contributed by atoms with Crippen molar-refractivity contribution in [2.75, 3.05) is 17.2 Å². The zero-order valence-electron chi connectivity index (χ0n) is 18.3. The van der Waals surface area contributed by atoms with Crippen LogP contribution in [-0.4, -0.2) is 12.5 Å². The minimum absolute atomic E-state index is 0.0359. The van der Waals surface area contributed by atoms with E-state index in [0.717, 1.165) is 62.0 Å². The quantitative estimate of drug-likeness (QED) is 0.479. The van der Waals surface area contributed by atoms with E-state index in [-0.39, 0.29) is 5.91 Å². The average molecular weight is 403 g/mol. The van der Waals surface area contributed by atoms with Crippen molar-refractivity contribution in [2.45, 2.75) is 52.4 Å². The third kappa shape index (κ3) is 6.35. The predicted octanol–water partition coefficient (Wildman–Crippen LogP) is 6.76. The van der Waals surface area contributed by atoms with Gasteiger partial charge in [-0.05, 0) is 80.7 Å². The number of anilines is 2. The fourth-order valence-electron chi connectivity index (χ4n) is 4.05. The number of allylic oxidation sites excluding steroid dienone is 1. The van der Waals surface area contributed by atoms with Crippen LogP contribution in [0.2, 0.25) is 0 Å². The highest BCUT2D eigenvalue weighted by Crippen LogP contribution is 2.31.